The molecular weight excluding hydrogens is 318 g/mol. The van der Waals surface area contributed by atoms with Crippen molar-refractivity contribution >= 4 is 11.8 Å². The maximum absolute atomic E-state index is 12.3. The Morgan fingerprint density at radius 1 is 1.24 bits per heavy atom. The number of hydrogen-bond donors (Lipinski definition) is 2. The van der Waals surface area contributed by atoms with Crippen molar-refractivity contribution in [2.45, 2.75) is 39.2 Å². The molecule has 138 valence electrons. The van der Waals surface area contributed by atoms with Gasteiger partial charge in [0.15, 0.2) is 0 Å². The molecule has 0 atom stereocenters. The molecule has 0 radical (unpaired) electrons. The molecule has 0 unspecified atom stereocenters. The molecule has 3 N–H and O–H groups in total. The Labute approximate surface area is 149 Å². The lowest BCUT2D eigenvalue weighted by Gasteiger charge is -2.31. The van der Waals surface area contributed by atoms with Gasteiger partial charge in [-0.25, -0.2) is 0 Å². The Balaban J connectivity index is 1.76. The van der Waals surface area contributed by atoms with Crippen LogP contribution in [-0.2, 0) is 4.79 Å². The summed E-state index contributed by atoms with van der Waals surface area (Å²) in [4.78, 5) is 25.3. The van der Waals surface area contributed by atoms with Gasteiger partial charge in [0, 0.05) is 24.7 Å². The number of ether oxygens (including phenoxy) is 1. The van der Waals surface area contributed by atoms with Gasteiger partial charge in [0.2, 0.25) is 5.91 Å². The number of hydrogen-bond acceptors (Lipinski definition) is 4. The first-order chi connectivity index (χ1) is 11.9. The van der Waals surface area contributed by atoms with Crippen LogP contribution in [0.5, 0.6) is 5.75 Å². The number of carbonyl (C=O) groups excluding carboxylic acids is 2. The van der Waals surface area contributed by atoms with Gasteiger partial charge in [0.05, 0.1) is 13.2 Å². The molecule has 1 aliphatic heterocycles. The second-order valence-corrected chi connectivity index (χ2v) is 7.05. The van der Waals surface area contributed by atoms with Crippen molar-refractivity contribution < 1.29 is 14.3 Å². The van der Waals surface area contributed by atoms with Crippen LogP contribution in [0.4, 0.5) is 0 Å². The molecule has 1 aliphatic rings. The number of primary amides is 1. The standard InChI is InChI=1S/C19H29N3O3/c1-14(2)9-12-25-17-5-3-15(4-6-17)19(24)21-16-7-10-22(11-8-16)13-18(20)23/h3-6,14,16H,7-13H2,1-2H3,(H2,20,23)(H,21,24). The molecule has 1 fully saturated rings. The summed E-state index contributed by atoms with van der Waals surface area (Å²) in [5.74, 6) is 1.02. The van der Waals surface area contributed by atoms with Crippen molar-refractivity contribution in [1.29, 1.82) is 0 Å². The first-order valence-corrected chi connectivity index (χ1v) is 8.98. The van der Waals surface area contributed by atoms with E-state index in [0.717, 1.165) is 38.1 Å². The molecule has 6 nitrogen and oxygen atoms in total. The van der Waals surface area contributed by atoms with Crippen molar-refractivity contribution in [3.8, 4) is 5.75 Å². The van der Waals surface area contributed by atoms with E-state index in [9.17, 15) is 9.59 Å². The largest absolute Gasteiger partial charge is 0.494 e. The van der Waals surface area contributed by atoms with E-state index < -0.39 is 0 Å². The zero-order valence-corrected chi connectivity index (χ0v) is 15.2. The molecule has 0 spiro atoms. The predicted molar refractivity (Wildman–Crippen MR) is 97.5 cm³/mol. The van der Waals surface area contributed by atoms with E-state index in [4.69, 9.17) is 10.5 Å². The lowest BCUT2D eigenvalue weighted by molar-refractivity contribution is -0.119. The molecule has 0 aromatic heterocycles. The van der Waals surface area contributed by atoms with Gasteiger partial charge in [-0.05, 0) is 49.4 Å². The van der Waals surface area contributed by atoms with Crippen LogP contribution >= 0.6 is 0 Å². The van der Waals surface area contributed by atoms with Crippen LogP contribution in [0.3, 0.4) is 0 Å². The fraction of sp³-hybridized carbons (Fsp3) is 0.579. The highest BCUT2D eigenvalue weighted by Gasteiger charge is 2.21. The van der Waals surface area contributed by atoms with Gasteiger partial charge in [-0.2, -0.15) is 0 Å². The number of benzene rings is 1. The van der Waals surface area contributed by atoms with Gasteiger partial charge in [-0.3, -0.25) is 14.5 Å². The third-order valence-corrected chi connectivity index (χ3v) is 4.38. The topological polar surface area (TPSA) is 84.7 Å². The van der Waals surface area contributed by atoms with Crippen molar-refractivity contribution in [1.82, 2.24) is 10.2 Å². The lowest BCUT2D eigenvalue weighted by atomic mass is 10.0. The fourth-order valence-corrected chi connectivity index (χ4v) is 2.84. The number of amides is 2. The highest BCUT2D eigenvalue weighted by Crippen LogP contribution is 2.15. The van der Waals surface area contributed by atoms with Gasteiger partial charge in [-0.1, -0.05) is 13.8 Å². The lowest BCUT2D eigenvalue weighted by Crippen LogP contribution is -2.46. The maximum atomic E-state index is 12.3. The summed E-state index contributed by atoms with van der Waals surface area (Å²) in [5.41, 5.74) is 5.85. The van der Waals surface area contributed by atoms with Crippen LogP contribution in [0.25, 0.3) is 0 Å². The smallest absolute Gasteiger partial charge is 0.251 e. The van der Waals surface area contributed by atoms with Gasteiger partial charge >= 0.3 is 0 Å². The quantitative estimate of drug-likeness (QED) is 0.751. The molecule has 2 amide bonds. The molecule has 1 saturated heterocycles. The van der Waals surface area contributed by atoms with E-state index in [1.54, 1.807) is 12.1 Å². The molecule has 6 heteroatoms. The van der Waals surface area contributed by atoms with E-state index in [1.807, 2.05) is 17.0 Å². The molecule has 2 rings (SSSR count). The zero-order valence-electron chi connectivity index (χ0n) is 15.2. The highest BCUT2D eigenvalue weighted by molar-refractivity contribution is 5.94. The van der Waals surface area contributed by atoms with Crippen molar-refractivity contribution in [2.75, 3.05) is 26.2 Å². The third-order valence-electron chi connectivity index (χ3n) is 4.38. The number of nitrogens with two attached hydrogens (primary N) is 1. The minimum absolute atomic E-state index is 0.0675. The molecule has 0 bridgehead atoms. The van der Waals surface area contributed by atoms with Crippen molar-refractivity contribution in [3.63, 3.8) is 0 Å². The average Bonchev–Trinajstić information content (AvgIpc) is 2.56. The number of nitrogens with zero attached hydrogens (tertiary/aromatic N) is 1. The minimum Gasteiger partial charge on any atom is -0.494 e. The Hall–Kier alpha value is -2.08. The second kappa shape index (κ2) is 9.42. The summed E-state index contributed by atoms with van der Waals surface area (Å²) in [6, 6.07) is 7.40. The highest BCUT2D eigenvalue weighted by atomic mass is 16.5. The normalized spacial score (nSPS) is 16.0. The number of rotatable bonds is 8. The van der Waals surface area contributed by atoms with Crippen molar-refractivity contribution in [3.05, 3.63) is 29.8 Å². The number of piperidine rings is 1. The Morgan fingerprint density at radius 3 is 2.44 bits per heavy atom. The maximum Gasteiger partial charge on any atom is 0.251 e. The summed E-state index contributed by atoms with van der Waals surface area (Å²) < 4.78 is 5.67. The molecule has 25 heavy (non-hydrogen) atoms. The molecule has 1 heterocycles. The van der Waals surface area contributed by atoms with Gasteiger partial charge in [-0.15, -0.1) is 0 Å². The first kappa shape index (κ1) is 19.2. The molecule has 1 aromatic carbocycles. The average molecular weight is 347 g/mol. The van der Waals surface area contributed by atoms with Crippen LogP contribution < -0.4 is 15.8 Å². The molecule has 0 aliphatic carbocycles. The van der Waals surface area contributed by atoms with Crippen LogP contribution in [-0.4, -0.2) is 49.0 Å². The van der Waals surface area contributed by atoms with Crippen LogP contribution in [0.15, 0.2) is 24.3 Å². The van der Waals surface area contributed by atoms with Crippen LogP contribution in [0.2, 0.25) is 0 Å². The van der Waals surface area contributed by atoms with Gasteiger partial charge < -0.3 is 15.8 Å². The molecule has 1 aromatic rings. The second-order valence-electron chi connectivity index (χ2n) is 7.05. The minimum atomic E-state index is -0.307. The molecular formula is C19H29N3O3. The van der Waals surface area contributed by atoms with Crippen LogP contribution in [0.1, 0.15) is 43.5 Å². The number of likely N-dealkylation sites (tertiary alicyclic amines) is 1. The van der Waals surface area contributed by atoms with E-state index >= 15 is 0 Å². The molecule has 0 saturated carbocycles. The number of carbonyl (C=O) groups is 2. The van der Waals surface area contributed by atoms with E-state index in [-0.39, 0.29) is 17.9 Å². The summed E-state index contributed by atoms with van der Waals surface area (Å²) in [6.45, 7) is 6.85. The number of nitrogens with one attached hydrogen (secondary N) is 1. The monoisotopic (exact) mass is 347 g/mol. The Kier molecular flexibility index (Phi) is 7.25. The van der Waals surface area contributed by atoms with Gasteiger partial charge in [0.1, 0.15) is 5.75 Å². The van der Waals surface area contributed by atoms with Crippen molar-refractivity contribution in [2.24, 2.45) is 11.7 Å². The van der Waals surface area contributed by atoms with E-state index in [1.165, 1.54) is 0 Å². The van der Waals surface area contributed by atoms with E-state index in [2.05, 4.69) is 19.2 Å². The summed E-state index contributed by atoms with van der Waals surface area (Å²) in [5, 5.41) is 3.06. The predicted octanol–water partition coefficient (Wildman–Crippen LogP) is 1.79. The van der Waals surface area contributed by atoms with Gasteiger partial charge in [0.25, 0.3) is 5.91 Å². The third kappa shape index (κ3) is 6.74. The Morgan fingerprint density at radius 2 is 1.88 bits per heavy atom. The SMILES string of the molecule is CC(C)CCOc1ccc(C(=O)NC2CCN(CC(N)=O)CC2)cc1. The first-order valence-electron chi connectivity index (χ1n) is 8.98. The fourth-order valence-electron chi connectivity index (χ4n) is 2.84. The zero-order chi connectivity index (χ0) is 18.2. The summed E-state index contributed by atoms with van der Waals surface area (Å²) in [7, 11) is 0. The summed E-state index contributed by atoms with van der Waals surface area (Å²) in [6.07, 6.45) is 2.67. The Bertz CT molecular complexity index is 564. The van der Waals surface area contributed by atoms with E-state index in [0.29, 0.717) is 24.6 Å². The van der Waals surface area contributed by atoms with Crippen LogP contribution in [0, 0.1) is 5.92 Å². The summed E-state index contributed by atoms with van der Waals surface area (Å²) >= 11 is 0.